The fourth-order valence-corrected chi connectivity index (χ4v) is 3.42. The highest BCUT2D eigenvalue weighted by molar-refractivity contribution is 5.34. The summed E-state index contributed by atoms with van der Waals surface area (Å²) in [6.07, 6.45) is -1.24. The summed E-state index contributed by atoms with van der Waals surface area (Å²) in [6.45, 7) is 2.08. The third-order valence-corrected chi connectivity index (χ3v) is 5.06. The molecular weight excluding hydrogens is 389 g/mol. The molecule has 0 spiro atoms. The molecule has 1 nitrogen and oxygen atoms in total. The Morgan fingerprint density at radius 2 is 1.29 bits per heavy atom. The Kier molecular flexibility index (Phi) is 5.59. The lowest BCUT2D eigenvalue weighted by Crippen LogP contribution is -2.24. The van der Waals surface area contributed by atoms with Crippen molar-refractivity contribution in [1.82, 2.24) is 0 Å². The highest BCUT2D eigenvalue weighted by Gasteiger charge is 2.38. The minimum atomic E-state index is -4.49. The highest BCUT2D eigenvalue weighted by atomic mass is 19.3. The second kappa shape index (κ2) is 7.64. The first-order valence-electron chi connectivity index (χ1n) is 8.79. The maximum Gasteiger partial charge on any atom is 0.427 e. The Labute approximate surface area is 157 Å². The van der Waals surface area contributed by atoms with Crippen molar-refractivity contribution in [1.29, 1.82) is 0 Å². The molecule has 0 aliphatic heterocycles. The van der Waals surface area contributed by atoms with Gasteiger partial charge in [0.05, 0.1) is 5.56 Å². The van der Waals surface area contributed by atoms with Crippen molar-refractivity contribution in [3.63, 3.8) is 0 Å². The van der Waals surface area contributed by atoms with Gasteiger partial charge in [0.2, 0.25) is 0 Å². The van der Waals surface area contributed by atoms with Gasteiger partial charge in [0.1, 0.15) is 0 Å². The average molecular weight is 406 g/mol. The van der Waals surface area contributed by atoms with Crippen LogP contribution in [0.4, 0.5) is 30.7 Å². The second-order valence-corrected chi connectivity index (χ2v) is 7.14. The first-order chi connectivity index (χ1) is 13.1. The van der Waals surface area contributed by atoms with E-state index in [2.05, 4.69) is 11.7 Å². The van der Waals surface area contributed by atoms with Crippen LogP contribution in [0.3, 0.4) is 0 Å². The Balaban J connectivity index is 1.87. The quantitative estimate of drug-likeness (QED) is 0.401. The van der Waals surface area contributed by atoms with Gasteiger partial charge < -0.3 is 4.74 Å². The van der Waals surface area contributed by atoms with Gasteiger partial charge in [-0.1, -0.05) is 19.8 Å². The summed E-state index contributed by atoms with van der Waals surface area (Å²) in [4.78, 5) is 0. The molecule has 0 atom stereocenters. The highest BCUT2D eigenvalue weighted by Crippen LogP contribution is 2.40. The molecule has 2 aromatic rings. The third kappa shape index (κ3) is 4.10. The van der Waals surface area contributed by atoms with Crippen molar-refractivity contribution in [2.75, 3.05) is 0 Å². The van der Waals surface area contributed by atoms with Crippen molar-refractivity contribution in [2.45, 2.75) is 44.6 Å². The van der Waals surface area contributed by atoms with E-state index >= 15 is 0 Å². The van der Waals surface area contributed by atoms with Crippen LogP contribution in [0.1, 0.15) is 49.7 Å². The summed E-state index contributed by atoms with van der Waals surface area (Å²) in [5, 5.41) is 0. The predicted molar refractivity (Wildman–Crippen MR) is 87.6 cm³/mol. The van der Waals surface area contributed by atoms with Crippen LogP contribution in [0.5, 0.6) is 5.75 Å². The van der Waals surface area contributed by atoms with Crippen molar-refractivity contribution in [3.05, 3.63) is 64.5 Å². The van der Waals surface area contributed by atoms with Crippen molar-refractivity contribution in [2.24, 2.45) is 5.92 Å². The number of hydrogen-bond donors (Lipinski definition) is 0. The van der Waals surface area contributed by atoms with Gasteiger partial charge in [-0.05, 0) is 54.5 Å². The van der Waals surface area contributed by atoms with Crippen LogP contribution in [0.25, 0.3) is 0 Å². The lowest BCUT2D eigenvalue weighted by Gasteiger charge is -2.27. The summed E-state index contributed by atoms with van der Waals surface area (Å²) < 4.78 is 100. The van der Waals surface area contributed by atoms with Gasteiger partial charge in [-0.2, -0.15) is 8.78 Å². The fourth-order valence-electron chi connectivity index (χ4n) is 3.42. The van der Waals surface area contributed by atoms with Crippen molar-refractivity contribution in [3.8, 4) is 5.75 Å². The minimum absolute atomic E-state index is 0.00574. The molecule has 1 aliphatic rings. The minimum Gasteiger partial charge on any atom is -0.423 e. The molecule has 0 amide bonds. The Bertz CT molecular complexity index is 827. The molecule has 1 saturated carbocycles. The van der Waals surface area contributed by atoms with Crippen LogP contribution >= 0.6 is 0 Å². The SMILES string of the molecule is CC1CCC(c2cc(F)c(OC(F)(F)c3cc(F)c(F)c(F)c3)c(F)c2)CC1. The molecule has 0 bridgehead atoms. The van der Waals surface area contributed by atoms with Crippen molar-refractivity contribution < 1.29 is 35.5 Å². The van der Waals surface area contributed by atoms with Gasteiger partial charge in [0.15, 0.2) is 34.8 Å². The first kappa shape index (κ1) is 20.5. The van der Waals surface area contributed by atoms with Crippen molar-refractivity contribution >= 4 is 0 Å². The van der Waals surface area contributed by atoms with E-state index in [-0.39, 0.29) is 18.1 Å². The number of benzene rings is 2. The van der Waals surface area contributed by atoms with Gasteiger partial charge >= 0.3 is 6.11 Å². The topological polar surface area (TPSA) is 9.23 Å². The van der Waals surface area contributed by atoms with Gasteiger partial charge in [-0.3, -0.25) is 0 Å². The van der Waals surface area contributed by atoms with Crippen LogP contribution in [0.2, 0.25) is 0 Å². The predicted octanol–water partition coefficient (Wildman–Crippen LogP) is 6.80. The van der Waals surface area contributed by atoms with Gasteiger partial charge in [0, 0.05) is 0 Å². The number of ether oxygens (including phenoxy) is 1. The Hall–Kier alpha value is -2.25. The van der Waals surface area contributed by atoms with Crippen LogP contribution in [0.15, 0.2) is 24.3 Å². The number of halogens is 7. The van der Waals surface area contributed by atoms with E-state index in [0.717, 1.165) is 37.8 Å². The monoisotopic (exact) mass is 406 g/mol. The standard InChI is InChI=1S/C20H17F7O/c1-10-2-4-11(5-3-10)12-6-16(23)19(17(24)7-12)28-20(26,27)13-8-14(21)18(25)15(22)9-13/h6-11H,2-5H2,1H3. The Morgan fingerprint density at radius 1 is 0.786 bits per heavy atom. The summed E-state index contributed by atoms with van der Waals surface area (Å²) >= 11 is 0. The van der Waals surface area contributed by atoms with Gasteiger partial charge in [-0.15, -0.1) is 0 Å². The second-order valence-electron chi connectivity index (χ2n) is 7.14. The molecule has 0 unspecified atom stereocenters. The largest absolute Gasteiger partial charge is 0.427 e. The summed E-state index contributed by atoms with van der Waals surface area (Å²) in [7, 11) is 0. The van der Waals surface area contributed by atoms with E-state index in [0.29, 0.717) is 11.5 Å². The zero-order chi connectivity index (χ0) is 20.6. The fraction of sp³-hybridized carbons (Fsp3) is 0.400. The van der Waals surface area contributed by atoms with E-state index in [1.807, 2.05) is 0 Å². The molecule has 8 heteroatoms. The third-order valence-electron chi connectivity index (χ3n) is 5.06. The number of rotatable bonds is 4. The molecular formula is C20H17F7O. The van der Waals surface area contributed by atoms with E-state index in [4.69, 9.17) is 0 Å². The maximum absolute atomic E-state index is 14.3. The summed E-state index contributed by atoms with van der Waals surface area (Å²) in [6, 6.07) is 1.87. The lowest BCUT2D eigenvalue weighted by molar-refractivity contribution is -0.188. The van der Waals surface area contributed by atoms with Crippen LogP contribution in [-0.2, 0) is 6.11 Å². The normalized spacial score (nSPS) is 20.3. The van der Waals surface area contributed by atoms with E-state index in [1.165, 1.54) is 0 Å². The molecule has 2 aromatic carbocycles. The molecule has 3 rings (SSSR count). The zero-order valence-corrected chi connectivity index (χ0v) is 14.8. The molecule has 0 radical (unpaired) electrons. The number of hydrogen-bond acceptors (Lipinski definition) is 1. The first-order valence-corrected chi connectivity index (χ1v) is 8.79. The van der Waals surface area contributed by atoms with E-state index in [1.54, 1.807) is 0 Å². The van der Waals surface area contributed by atoms with E-state index in [9.17, 15) is 30.7 Å². The molecule has 0 heterocycles. The zero-order valence-electron chi connectivity index (χ0n) is 14.8. The smallest absolute Gasteiger partial charge is 0.423 e. The van der Waals surface area contributed by atoms with Gasteiger partial charge in [0.25, 0.3) is 0 Å². The van der Waals surface area contributed by atoms with E-state index < -0.39 is 46.5 Å². The molecule has 0 N–H and O–H groups in total. The van der Waals surface area contributed by atoms with Gasteiger partial charge in [-0.25, -0.2) is 22.0 Å². The molecule has 28 heavy (non-hydrogen) atoms. The average Bonchev–Trinajstić information content (AvgIpc) is 2.62. The molecule has 152 valence electrons. The molecule has 0 saturated heterocycles. The Morgan fingerprint density at radius 3 is 1.79 bits per heavy atom. The summed E-state index contributed by atoms with van der Waals surface area (Å²) in [5.74, 6) is -9.33. The van der Waals surface area contributed by atoms with Crippen LogP contribution < -0.4 is 4.74 Å². The molecule has 0 aromatic heterocycles. The maximum atomic E-state index is 14.3. The van der Waals surface area contributed by atoms with Crippen LogP contribution in [0, 0.1) is 35.0 Å². The number of alkyl halides is 2. The summed E-state index contributed by atoms with van der Waals surface area (Å²) in [5.41, 5.74) is -1.07. The lowest BCUT2D eigenvalue weighted by atomic mass is 9.79. The molecule has 1 aliphatic carbocycles. The van der Waals surface area contributed by atoms with Crippen LogP contribution in [-0.4, -0.2) is 0 Å². The molecule has 1 fully saturated rings.